The molecule has 1 aromatic heterocycles. The van der Waals surface area contributed by atoms with Gasteiger partial charge in [0.2, 0.25) is 0 Å². The van der Waals surface area contributed by atoms with Gasteiger partial charge < -0.3 is 19.9 Å². The third-order valence-corrected chi connectivity index (χ3v) is 6.64. The average Bonchev–Trinajstić information content (AvgIpc) is 3.36. The average molecular weight is 388 g/mol. The number of rotatable bonds is 6. The maximum Gasteiger partial charge on any atom is 0.279 e. The molecule has 144 valence electrons. The Morgan fingerprint density at radius 3 is 2.70 bits per heavy atom. The summed E-state index contributed by atoms with van der Waals surface area (Å²) in [5, 5.41) is 5.21. The Morgan fingerprint density at radius 1 is 1.15 bits per heavy atom. The lowest BCUT2D eigenvalue weighted by molar-refractivity contribution is -0.921. The van der Waals surface area contributed by atoms with Crippen molar-refractivity contribution in [1.29, 1.82) is 0 Å². The predicted molar refractivity (Wildman–Crippen MR) is 107 cm³/mol. The van der Waals surface area contributed by atoms with E-state index in [1.807, 2.05) is 23.5 Å². The molecule has 0 aliphatic carbocycles. The van der Waals surface area contributed by atoms with E-state index >= 15 is 0 Å². The first-order valence-corrected chi connectivity index (χ1v) is 10.8. The number of anilines is 1. The number of nitrogens with one attached hydrogen (secondary N) is 3. The third-order valence-electron chi connectivity index (χ3n) is 5.65. The summed E-state index contributed by atoms with van der Waals surface area (Å²) in [6.45, 7) is 6.51. The zero-order valence-electron chi connectivity index (χ0n) is 15.7. The summed E-state index contributed by atoms with van der Waals surface area (Å²) < 4.78 is 5.42. The van der Waals surface area contributed by atoms with Gasteiger partial charge in [-0.15, -0.1) is 11.3 Å². The molecule has 2 aliphatic heterocycles. The Morgan fingerprint density at radius 2 is 1.96 bits per heavy atom. The van der Waals surface area contributed by atoms with Crippen molar-refractivity contribution >= 4 is 22.9 Å². The molecule has 2 fully saturated rings. The molecule has 4 rings (SSSR count). The van der Waals surface area contributed by atoms with E-state index in [0.29, 0.717) is 12.6 Å². The van der Waals surface area contributed by atoms with Gasteiger partial charge in [0.1, 0.15) is 25.7 Å². The fourth-order valence-electron chi connectivity index (χ4n) is 4.20. The molecular formula is C21H29N3O2S+2. The molecule has 27 heavy (non-hydrogen) atoms. The van der Waals surface area contributed by atoms with Crippen LogP contribution in [0, 0.1) is 0 Å². The van der Waals surface area contributed by atoms with Crippen LogP contribution in [-0.4, -0.2) is 45.3 Å². The number of morpholine rings is 1. The fraction of sp³-hybridized carbons (Fsp3) is 0.476. The predicted octanol–water partition coefficient (Wildman–Crippen LogP) is 0.522. The Hall–Kier alpha value is -1.73. The summed E-state index contributed by atoms with van der Waals surface area (Å²) in [7, 11) is 0. The third kappa shape index (κ3) is 4.96. The fourth-order valence-corrected chi connectivity index (χ4v) is 5.12. The van der Waals surface area contributed by atoms with Crippen molar-refractivity contribution < 1.29 is 19.3 Å². The molecule has 0 saturated carbocycles. The smallest absolute Gasteiger partial charge is 0.279 e. The first-order valence-electron chi connectivity index (χ1n) is 9.96. The number of thiophene rings is 1. The van der Waals surface area contributed by atoms with Gasteiger partial charge in [0.25, 0.3) is 5.91 Å². The van der Waals surface area contributed by atoms with Gasteiger partial charge >= 0.3 is 0 Å². The second kappa shape index (κ2) is 8.97. The van der Waals surface area contributed by atoms with Gasteiger partial charge in [0, 0.05) is 24.1 Å². The highest BCUT2D eigenvalue weighted by molar-refractivity contribution is 7.10. The zero-order valence-corrected chi connectivity index (χ0v) is 16.5. The van der Waals surface area contributed by atoms with Crippen LogP contribution in [0.3, 0.4) is 0 Å². The Kier molecular flexibility index (Phi) is 6.19. The molecule has 0 radical (unpaired) electrons. The Balaban J connectivity index is 1.29. The molecule has 2 aromatic rings. The van der Waals surface area contributed by atoms with Crippen LogP contribution in [0.15, 0.2) is 41.8 Å². The van der Waals surface area contributed by atoms with Crippen LogP contribution in [-0.2, 0) is 16.1 Å². The van der Waals surface area contributed by atoms with Gasteiger partial charge in [0.15, 0.2) is 6.54 Å². The van der Waals surface area contributed by atoms with E-state index in [0.717, 1.165) is 45.1 Å². The Bertz CT molecular complexity index is 726. The van der Waals surface area contributed by atoms with E-state index in [4.69, 9.17) is 4.74 Å². The topological polar surface area (TPSA) is 47.2 Å². The Labute approximate surface area is 164 Å². The molecule has 0 bridgehead atoms. The number of hydrogen-bond donors (Lipinski definition) is 3. The number of benzene rings is 1. The van der Waals surface area contributed by atoms with Crippen LogP contribution in [0.25, 0.3) is 0 Å². The molecule has 0 spiro atoms. The molecule has 2 aliphatic rings. The molecule has 6 heteroatoms. The molecule has 3 N–H and O–H groups in total. The van der Waals surface area contributed by atoms with Crippen molar-refractivity contribution in [1.82, 2.24) is 0 Å². The maximum atomic E-state index is 12.5. The summed E-state index contributed by atoms with van der Waals surface area (Å²) in [5.41, 5.74) is 2.21. The zero-order chi connectivity index (χ0) is 18.5. The van der Waals surface area contributed by atoms with Gasteiger partial charge in [-0.3, -0.25) is 4.79 Å². The SMILES string of the molecule is O=C(C[NH+]1CCC[C@@H]1c1cccs1)Nc1ccc(C[NH+]2CCOCC2)cc1. The van der Waals surface area contributed by atoms with Crippen LogP contribution < -0.4 is 15.1 Å². The quantitative estimate of drug-likeness (QED) is 0.677. The van der Waals surface area contributed by atoms with Crippen LogP contribution in [0.4, 0.5) is 5.69 Å². The second-order valence-electron chi connectivity index (χ2n) is 7.58. The molecule has 5 nitrogen and oxygen atoms in total. The summed E-state index contributed by atoms with van der Waals surface area (Å²) in [6.07, 6.45) is 2.38. The van der Waals surface area contributed by atoms with Crippen LogP contribution in [0.1, 0.15) is 29.3 Å². The number of hydrogen-bond acceptors (Lipinski definition) is 3. The normalized spacial score (nSPS) is 23.4. The highest BCUT2D eigenvalue weighted by Crippen LogP contribution is 2.23. The van der Waals surface area contributed by atoms with Crippen molar-refractivity contribution in [2.24, 2.45) is 0 Å². The lowest BCUT2D eigenvalue weighted by Gasteiger charge is -2.23. The molecule has 3 heterocycles. The molecular weight excluding hydrogens is 358 g/mol. The van der Waals surface area contributed by atoms with Crippen LogP contribution in [0.2, 0.25) is 0 Å². The molecule has 2 saturated heterocycles. The molecule has 1 amide bonds. The van der Waals surface area contributed by atoms with Gasteiger partial charge in [-0.25, -0.2) is 0 Å². The van der Waals surface area contributed by atoms with Gasteiger partial charge in [-0.05, 0) is 23.6 Å². The first kappa shape index (κ1) is 18.6. The van der Waals surface area contributed by atoms with Crippen molar-refractivity contribution in [3.05, 3.63) is 52.2 Å². The van der Waals surface area contributed by atoms with Crippen molar-refractivity contribution in [2.45, 2.75) is 25.4 Å². The van der Waals surface area contributed by atoms with E-state index in [-0.39, 0.29) is 5.91 Å². The number of likely N-dealkylation sites (tertiary alicyclic amines) is 1. The summed E-state index contributed by atoms with van der Waals surface area (Å²) in [5.74, 6) is 0.111. The first-order chi connectivity index (χ1) is 13.3. The van der Waals surface area contributed by atoms with E-state index in [9.17, 15) is 4.79 Å². The number of carbonyl (C=O) groups excluding carboxylic acids is 1. The number of quaternary nitrogens is 2. The van der Waals surface area contributed by atoms with Crippen molar-refractivity contribution in [2.75, 3.05) is 44.7 Å². The monoisotopic (exact) mass is 387 g/mol. The summed E-state index contributed by atoms with van der Waals surface area (Å²) in [6, 6.07) is 13.1. The number of ether oxygens (including phenoxy) is 1. The summed E-state index contributed by atoms with van der Waals surface area (Å²) in [4.78, 5) is 16.9. The van der Waals surface area contributed by atoms with Gasteiger partial charge in [-0.1, -0.05) is 18.2 Å². The van der Waals surface area contributed by atoms with Gasteiger partial charge in [-0.2, -0.15) is 0 Å². The lowest BCUT2D eigenvalue weighted by Crippen LogP contribution is -3.12. The number of carbonyl (C=O) groups is 1. The van der Waals surface area contributed by atoms with Crippen LogP contribution in [0.5, 0.6) is 0 Å². The molecule has 1 unspecified atom stereocenters. The van der Waals surface area contributed by atoms with Crippen molar-refractivity contribution in [3.63, 3.8) is 0 Å². The minimum atomic E-state index is 0.111. The molecule has 1 aromatic carbocycles. The van der Waals surface area contributed by atoms with E-state index in [1.165, 1.54) is 28.2 Å². The van der Waals surface area contributed by atoms with E-state index in [2.05, 4.69) is 35.0 Å². The largest absolute Gasteiger partial charge is 0.370 e. The minimum Gasteiger partial charge on any atom is -0.370 e. The maximum absolute atomic E-state index is 12.5. The highest BCUT2D eigenvalue weighted by Gasteiger charge is 2.32. The standard InChI is InChI=1S/C21H27N3O2S/c25-21(16-24-9-1-3-19(24)20-4-2-14-27-20)22-18-7-5-17(6-8-18)15-23-10-12-26-13-11-23/h2,4-8,14,19H,1,3,9-13,15-16H2,(H,22,25)/p+2/t19-/m1/s1. The highest BCUT2D eigenvalue weighted by atomic mass is 32.1. The molecule has 2 atom stereocenters. The second-order valence-corrected chi connectivity index (χ2v) is 8.56. The van der Waals surface area contributed by atoms with E-state index < -0.39 is 0 Å². The minimum absolute atomic E-state index is 0.111. The number of amides is 1. The van der Waals surface area contributed by atoms with Crippen LogP contribution >= 0.6 is 11.3 Å². The summed E-state index contributed by atoms with van der Waals surface area (Å²) >= 11 is 1.81. The van der Waals surface area contributed by atoms with E-state index in [1.54, 1.807) is 4.90 Å². The van der Waals surface area contributed by atoms with Crippen molar-refractivity contribution in [3.8, 4) is 0 Å². The van der Waals surface area contributed by atoms with Gasteiger partial charge in [0.05, 0.1) is 24.6 Å². The lowest BCUT2D eigenvalue weighted by atomic mass is 10.2.